The summed E-state index contributed by atoms with van der Waals surface area (Å²) in [7, 11) is 0. The third kappa shape index (κ3) is 4.21. The first kappa shape index (κ1) is 18.6. The number of fused-ring (bicyclic) bond motifs is 1. The van der Waals surface area contributed by atoms with Crippen LogP contribution < -0.4 is 19.5 Å². The van der Waals surface area contributed by atoms with Gasteiger partial charge in [0.25, 0.3) is 0 Å². The minimum absolute atomic E-state index is 0.0741. The van der Waals surface area contributed by atoms with Gasteiger partial charge in [-0.05, 0) is 35.9 Å². The van der Waals surface area contributed by atoms with Gasteiger partial charge in [0.1, 0.15) is 18.2 Å². The number of para-hydroxylation sites is 1. The predicted molar refractivity (Wildman–Crippen MR) is 105 cm³/mol. The van der Waals surface area contributed by atoms with Crippen LogP contribution in [0.3, 0.4) is 0 Å². The summed E-state index contributed by atoms with van der Waals surface area (Å²) in [6, 6.07) is 18.2. The van der Waals surface area contributed by atoms with E-state index in [0.29, 0.717) is 29.4 Å². The summed E-state index contributed by atoms with van der Waals surface area (Å²) >= 11 is 6.08. The Labute approximate surface area is 167 Å². The van der Waals surface area contributed by atoms with E-state index in [2.05, 4.69) is 5.32 Å². The van der Waals surface area contributed by atoms with Crippen LogP contribution in [0.4, 0.5) is 4.39 Å². The number of hydrogen-bond acceptors (Lipinski definition) is 4. The summed E-state index contributed by atoms with van der Waals surface area (Å²) < 4.78 is 30.5. The van der Waals surface area contributed by atoms with Gasteiger partial charge in [-0.1, -0.05) is 41.9 Å². The molecule has 0 radical (unpaired) electrons. The van der Waals surface area contributed by atoms with Crippen molar-refractivity contribution >= 4 is 11.6 Å². The normalized spacial score (nSPS) is 12.2. The maximum atomic E-state index is 13.9. The van der Waals surface area contributed by atoms with E-state index in [9.17, 15) is 4.39 Å². The molecule has 0 atom stereocenters. The lowest BCUT2D eigenvalue weighted by molar-refractivity contribution is 0.174. The largest absolute Gasteiger partial charge is 0.488 e. The van der Waals surface area contributed by atoms with Gasteiger partial charge >= 0.3 is 0 Å². The third-order valence-electron chi connectivity index (χ3n) is 4.49. The van der Waals surface area contributed by atoms with Crippen LogP contribution in [0.25, 0.3) is 0 Å². The fraction of sp³-hybridized carbons (Fsp3) is 0.182. The van der Waals surface area contributed by atoms with Crippen molar-refractivity contribution in [2.24, 2.45) is 0 Å². The van der Waals surface area contributed by atoms with Crippen molar-refractivity contribution in [3.05, 3.63) is 88.2 Å². The molecular weight excluding hydrogens is 381 g/mol. The van der Waals surface area contributed by atoms with Crippen LogP contribution in [0.2, 0.25) is 5.02 Å². The van der Waals surface area contributed by atoms with Crippen molar-refractivity contribution in [1.82, 2.24) is 5.32 Å². The minimum Gasteiger partial charge on any atom is -0.488 e. The van der Waals surface area contributed by atoms with Crippen LogP contribution in [0.1, 0.15) is 16.7 Å². The number of hydrogen-bond donors (Lipinski definition) is 1. The highest BCUT2D eigenvalue weighted by Gasteiger charge is 2.13. The first-order valence-electron chi connectivity index (χ1n) is 8.93. The van der Waals surface area contributed by atoms with E-state index in [1.807, 2.05) is 42.5 Å². The summed E-state index contributed by atoms with van der Waals surface area (Å²) in [5, 5.41) is 3.75. The highest BCUT2D eigenvalue weighted by Crippen LogP contribution is 2.32. The first-order chi connectivity index (χ1) is 13.7. The molecule has 4 nitrogen and oxygen atoms in total. The van der Waals surface area contributed by atoms with Crippen molar-refractivity contribution in [2.45, 2.75) is 19.7 Å². The van der Waals surface area contributed by atoms with Crippen LogP contribution in [0.5, 0.6) is 17.2 Å². The highest BCUT2D eigenvalue weighted by molar-refractivity contribution is 6.31. The van der Waals surface area contributed by atoms with E-state index in [-0.39, 0.29) is 19.2 Å². The van der Waals surface area contributed by atoms with E-state index in [1.165, 1.54) is 6.07 Å². The SMILES string of the molecule is Fc1cccc(Cl)c1COc1ccccc1CNCc1ccc2c(c1)OCO2. The van der Waals surface area contributed by atoms with Crippen molar-refractivity contribution in [3.8, 4) is 17.2 Å². The fourth-order valence-corrected chi connectivity index (χ4v) is 3.22. The molecule has 0 fully saturated rings. The lowest BCUT2D eigenvalue weighted by Gasteiger charge is -2.13. The number of halogens is 2. The zero-order chi connectivity index (χ0) is 19.3. The standard InChI is InChI=1S/C22H19ClFNO3/c23-18-5-3-6-19(24)17(18)13-26-20-7-2-1-4-16(20)12-25-11-15-8-9-21-22(10-15)28-14-27-21/h1-10,25H,11-14H2. The maximum absolute atomic E-state index is 13.9. The quantitative estimate of drug-likeness (QED) is 0.601. The van der Waals surface area contributed by atoms with Crippen molar-refractivity contribution < 1.29 is 18.6 Å². The van der Waals surface area contributed by atoms with Crippen molar-refractivity contribution in [1.29, 1.82) is 0 Å². The van der Waals surface area contributed by atoms with Crippen LogP contribution in [0.15, 0.2) is 60.7 Å². The lowest BCUT2D eigenvalue weighted by atomic mass is 10.1. The minimum atomic E-state index is -0.370. The average molecular weight is 400 g/mol. The molecule has 1 N–H and O–H groups in total. The summed E-state index contributed by atoms with van der Waals surface area (Å²) in [5.74, 6) is 1.87. The first-order valence-corrected chi connectivity index (χ1v) is 9.31. The molecule has 28 heavy (non-hydrogen) atoms. The Morgan fingerprint density at radius 1 is 0.964 bits per heavy atom. The molecule has 0 bridgehead atoms. The zero-order valence-corrected chi connectivity index (χ0v) is 15.8. The van der Waals surface area contributed by atoms with E-state index >= 15 is 0 Å². The lowest BCUT2D eigenvalue weighted by Crippen LogP contribution is -2.13. The van der Waals surface area contributed by atoms with Gasteiger partial charge in [-0.15, -0.1) is 0 Å². The Kier molecular flexibility index (Phi) is 5.65. The Hall–Kier alpha value is -2.76. The molecular formula is C22H19ClFNO3. The highest BCUT2D eigenvalue weighted by atomic mass is 35.5. The van der Waals surface area contributed by atoms with E-state index in [4.69, 9.17) is 25.8 Å². The van der Waals surface area contributed by atoms with Gasteiger partial charge in [-0.25, -0.2) is 4.39 Å². The van der Waals surface area contributed by atoms with Crippen LogP contribution in [-0.4, -0.2) is 6.79 Å². The van der Waals surface area contributed by atoms with Gasteiger partial charge in [-0.2, -0.15) is 0 Å². The van der Waals surface area contributed by atoms with Crippen molar-refractivity contribution in [2.75, 3.05) is 6.79 Å². The molecule has 1 aliphatic heterocycles. The monoisotopic (exact) mass is 399 g/mol. The van der Waals surface area contributed by atoms with Gasteiger partial charge in [0.15, 0.2) is 11.5 Å². The molecule has 3 aromatic carbocycles. The van der Waals surface area contributed by atoms with E-state index < -0.39 is 0 Å². The van der Waals surface area contributed by atoms with Crippen LogP contribution in [-0.2, 0) is 19.7 Å². The molecule has 0 saturated heterocycles. The molecule has 0 amide bonds. The van der Waals surface area contributed by atoms with Gasteiger partial charge in [0.2, 0.25) is 6.79 Å². The molecule has 3 aromatic rings. The molecule has 144 valence electrons. The van der Waals surface area contributed by atoms with Crippen molar-refractivity contribution in [3.63, 3.8) is 0 Å². The van der Waals surface area contributed by atoms with E-state index in [1.54, 1.807) is 12.1 Å². The predicted octanol–water partition coefficient (Wildman–Crippen LogP) is 5.08. The van der Waals surface area contributed by atoms with Gasteiger partial charge in [0.05, 0.1) is 5.02 Å². The second kappa shape index (κ2) is 8.50. The Morgan fingerprint density at radius 3 is 2.71 bits per heavy atom. The molecule has 1 heterocycles. The number of ether oxygens (including phenoxy) is 3. The van der Waals surface area contributed by atoms with Gasteiger partial charge < -0.3 is 19.5 Å². The number of benzene rings is 3. The third-order valence-corrected chi connectivity index (χ3v) is 4.84. The number of rotatable bonds is 7. The molecule has 0 aromatic heterocycles. The van der Waals surface area contributed by atoms with Crippen LogP contribution >= 0.6 is 11.6 Å². The topological polar surface area (TPSA) is 39.7 Å². The summed E-state index contributed by atoms with van der Waals surface area (Å²) in [6.07, 6.45) is 0. The molecule has 0 unspecified atom stereocenters. The summed E-state index contributed by atoms with van der Waals surface area (Å²) in [5.41, 5.74) is 2.43. The van der Waals surface area contributed by atoms with E-state index in [0.717, 1.165) is 22.6 Å². The number of nitrogens with one attached hydrogen (secondary N) is 1. The average Bonchev–Trinajstić information content (AvgIpc) is 3.16. The summed E-state index contributed by atoms with van der Waals surface area (Å²) in [6.45, 7) is 1.62. The maximum Gasteiger partial charge on any atom is 0.231 e. The van der Waals surface area contributed by atoms with Gasteiger partial charge in [0, 0.05) is 24.2 Å². The zero-order valence-electron chi connectivity index (χ0n) is 15.1. The molecule has 0 aliphatic carbocycles. The smallest absolute Gasteiger partial charge is 0.231 e. The summed E-state index contributed by atoms with van der Waals surface area (Å²) in [4.78, 5) is 0. The Bertz CT molecular complexity index is 959. The molecule has 4 rings (SSSR count). The fourth-order valence-electron chi connectivity index (χ4n) is 3.00. The molecule has 1 aliphatic rings. The molecule has 6 heteroatoms. The Morgan fingerprint density at radius 2 is 1.82 bits per heavy atom. The second-order valence-electron chi connectivity index (χ2n) is 6.39. The molecule has 0 saturated carbocycles. The van der Waals surface area contributed by atoms with Crippen LogP contribution in [0, 0.1) is 5.82 Å². The second-order valence-corrected chi connectivity index (χ2v) is 6.79. The Balaban J connectivity index is 1.38. The van der Waals surface area contributed by atoms with Gasteiger partial charge in [-0.3, -0.25) is 0 Å². The molecule has 0 spiro atoms.